The fourth-order valence-corrected chi connectivity index (χ4v) is 5.26. The molecule has 12 heteroatoms. The zero-order valence-electron chi connectivity index (χ0n) is 24.9. The van der Waals surface area contributed by atoms with E-state index in [-0.39, 0.29) is 23.6 Å². The second kappa shape index (κ2) is 12.9. The summed E-state index contributed by atoms with van der Waals surface area (Å²) in [6.45, 7) is 3.17. The molecule has 0 radical (unpaired) electrons. The Balaban J connectivity index is 1.66. The highest BCUT2D eigenvalue weighted by Crippen LogP contribution is 2.40. The van der Waals surface area contributed by atoms with Crippen LogP contribution in [-0.2, 0) is 0 Å². The molecule has 44 heavy (non-hydrogen) atoms. The first-order valence-corrected chi connectivity index (χ1v) is 14.2. The van der Waals surface area contributed by atoms with Gasteiger partial charge >= 0.3 is 6.03 Å². The molecule has 2 aliphatic rings. The number of rotatable bonds is 9. The smallest absolute Gasteiger partial charge is 0.320 e. The summed E-state index contributed by atoms with van der Waals surface area (Å²) in [6, 6.07) is 13.6. The Hall–Kier alpha value is -4.68. The van der Waals surface area contributed by atoms with Gasteiger partial charge in [-0.3, -0.25) is 19.9 Å². The van der Waals surface area contributed by atoms with E-state index >= 15 is 8.78 Å². The summed E-state index contributed by atoms with van der Waals surface area (Å²) in [4.78, 5) is 35.9. The van der Waals surface area contributed by atoms with Gasteiger partial charge in [0.1, 0.15) is 29.0 Å². The minimum Gasteiger partial charge on any atom is -0.334 e. The first-order chi connectivity index (χ1) is 21.0. The molecule has 1 saturated heterocycles. The van der Waals surface area contributed by atoms with E-state index in [2.05, 4.69) is 16.0 Å². The normalized spacial score (nSPS) is 16.5. The summed E-state index contributed by atoms with van der Waals surface area (Å²) < 4.78 is 44.7. The summed E-state index contributed by atoms with van der Waals surface area (Å²) in [5.41, 5.74) is 2.51. The molecule has 5 rings (SSSR count). The van der Waals surface area contributed by atoms with Gasteiger partial charge in [-0.25, -0.2) is 23.0 Å². The molecule has 2 aliphatic heterocycles. The Morgan fingerprint density at radius 3 is 2.41 bits per heavy atom. The molecular formula is C32H34F3N7O2. The van der Waals surface area contributed by atoms with Crippen LogP contribution in [0.3, 0.4) is 0 Å². The van der Waals surface area contributed by atoms with Gasteiger partial charge in [-0.2, -0.15) is 0 Å². The summed E-state index contributed by atoms with van der Waals surface area (Å²) in [6.07, 6.45) is -0.192. The third-order valence-electron chi connectivity index (χ3n) is 7.49. The average Bonchev–Trinajstić information content (AvgIpc) is 2.98. The van der Waals surface area contributed by atoms with E-state index in [1.165, 1.54) is 47.4 Å². The molecule has 0 aliphatic carbocycles. The molecule has 0 aromatic heterocycles. The van der Waals surface area contributed by atoms with Crippen molar-refractivity contribution in [3.8, 4) is 0 Å². The van der Waals surface area contributed by atoms with Gasteiger partial charge in [0.05, 0.1) is 12.2 Å². The molecule has 1 unspecified atom stereocenters. The van der Waals surface area contributed by atoms with Crippen molar-refractivity contribution in [1.82, 2.24) is 20.4 Å². The highest BCUT2D eigenvalue weighted by atomic mass is 19.1. The zero-order chi connectivity index (χ0) is 31.5. The summed E-state index contributed by atoms with van der Waals surface area (Å²) in [5.74, 6) is -2.18. The fraction of sp³-hybridized carbons (Fsp3) is 0.281. The number of hydrogen-bond acceptors (Lipinski definition) is 6. The lowest BCUT2D eigenvalue weighted by atomic mass is 9.94. The van der Waals surface area contributed by atoms with E-state index < -0.39 is 35.7 Å². The first kappa shape index (κ1) is 30.8. The van der Waals surface area contributed by atoms with Gasteiger partial charge in [0.2, 0.25) is 0 Å². The van der Waals surface area contributed by atoms with Crippen LogP contribution in [0.25, 0.3) is 5.70 Å². The number of carbonyl (C=O) groups is 2. The predicted molar refractivity (Wildman–Crippen MR) is 165 cm³/mol. The van der Waals surface area contributed by atoms with Gasteiger partial charge in [-0.15, -0.1) is 0 Å². The minimum atomic E-state index is -0.938. The fourth-order valence-electron chi connectivity index (χ4n) is 5.26. The van der Waals surface area contributed by atoms with Crippen LogP contribution in [-0.4, -0.2) is 74.6 Å². The van der Waals surface area contributed by atoms with Crippen LogP contribution in [0.15, 0.2) is 71.2 Å². The molecule has 3 N–H and O–H groups in total. The highest BCUT2D eigenvalue weighted by molar-refractivity contribution is 6.17. The standard InChI is InChI=1S/C32H34F3N7O2/c1-19-9-10-20(30(43)37-22-13-11-21(33)12-14-22)17-23(19)27-24-18-36-31(44)38-29(24)39-32(41(4)16-6-15-40(2)3)42(27)28-25(34)7-5-8-26(28)35/h5,7-14,17,32H,6,15-16,18H2,1-4H3,(H,37,43)(H2,36,38,39,44). The van der Waals surface area contributed by atoms with Crippen molar-refractivity contribution in [2.45, 2.75) is 19.6 Å². The molecule has 3 amide bonds. The molecule has 0 saturated carbocycles. The van der Waals surface area contributed by atoms with Crippen LogP contribution in [0.2, 0.25) is 0 Å². The highest BCUT2D eigenvalue weighted by Gasteiger charge is 2.39. The lowest BCUT2D eigenvalue weighted by Crippen LogP contribution is -2.56. The third kappa shape index (κ3) is 6.46. The number of carbonyl (C=O) groups excluding carboxylic acids is 2. The molecule has 0 bridgehead atoms. The monoisotopic (exact) mass is 605 g/mol. The lowest BCUT2D eigenvalue weighted by Gasteiger charge is -2.43. The Bertz CT molecular complexity index is 1620. The van der Waals surface area contributed by atoms with Crippen LogP contribution in [0.1, 0.15) is 27.9 Å². The van der Waals surface area contributed by atoms with Gasteiger partial charge < -0.3 is 15.5 Å². The van der Waals surface area contributed by atoms with Crippen LogP contribution in [0.4, 0.5) is 29.3 Å². The van der Waals surface area contributed by atoms with Crippen molar-refractivity contribution in [2.75, 3.05) is 51.0 Å². The zero-order valence-corrected chi connectivity index (χ0v) is 24.9. The number of urea groups is 1. The Morgan fingerprint density at radius 2 is 1.73 bits per heavy atom. The molecular weight excluding hydrogens is 571 g/mol. The van der Waals surface area contributed by atoms with Crippen molar-refractivity contribution in [2.24, 2.45) is 4.99 Å². The Kier molecular flexibility index (Phi) is 9.02. The first-order valence-electron chi connectivity index (χ1n) is 14.2. The van der Waals surface area contributed by atoms with Gasteiger partial charge in [0.25, 0.3) is 5.91 Å². The van der Waals surface area contributed by atoms with Gasteiger partial charge in [0.15, 0.2) is 6.29 Å². The maximum atomic E-state index is 15.6. The number of amides is 3. The molecule has 230 valence electrons. The van der Waals surface area contributed by atoms with Crippen molar-refractivity contribution < 1.29 is 22.8 Å². The molecule has 0 spiro atoms. The quantitative estimate of drug-likeness (QED) is 0.327. The van der Waals surface area contributed by atoms with E-state index in [9.17, 15) is 14.0 Å². The number of anilines is 2. The molecule has 3 aromatic rings. The number of para-hydroxylation sites is 1. The predicted octanol–water partition coefficient (Wildman–Crippen LogP) is 4.77. The average molecular weight is 606 g/mol. The number of benzene rings is 3. The van der Waals surface area contributed by atoms with E-state index in [1.54, 1.807) is 25.2 Å². The maximum Gasteiger partial charge on any atom is 0.320 e. The SMILES string of the molecule is Cc1ccc(C(=O)Nc2ccc(F)cc2)cc1C1=C2CNC(=O)NC2=NC(N(C)CCCN(C)C)N1c1c(F)cccc1F. The topological polar surface area (TPSA) is 92.3 Å². The van der Waals surface area contributed by atoms with Crippen LogP contribution in [0.5, 0.6) is 0 Å². The van der Waals surface area contributed by atoms with E-state index in [4.69, 9.17) is 4.99 Å². The number of fused-ring (bicyclic) bond motifs is 1. The lowest BCUT2D eigenvalue weighted by molar-refractivity contribution is 0.102. The number of nitrogens with one attached hydrogen (secondary N) is 3. The molecule has 9 nitrogen and oxygen atoms in total. The Morgan fingerprint density at radius 1 is 1.02 bits per heavy atom. The number of amidine groups is 1. The number of nitrogens with zero attached hydrogens (tertiary/aromatic N) is 4. The van der Waals surface area contributed by atoms with Crippen molar-refractivity contribution in [3.63, 3.8) is 0 Å². The third-order valence-corrected chi connectivity index (χ3v) is 7.49. The largest absolute Gasteiger partial charge is 0.334 e. The maximum absolute atomic E-state index is 15.6. The number of hydrogen-bond donors (Lipinski definition) is 3. The minimum absolute atomic E-state index is 0.0368. The van der Waals surface area contributed by atoms with E-state index in [1.807, 2.05) is 30.8 Å². The molecule has 2 heterocycles. The molecule has 1 fully saturated rings. The van der Waals surface area contributed by atoms with E-state index in [0.717, 1.165) is 18.5 Å². The summed E-state index contributed by atoms with van der Waals surface area (Å²) in [5, 5.41) is 8.25. The number of halogens is 3. The van der Waals surface area contributed by atoms with Crippen molar-refractivity contribution in [1.29, 1.82) is 0 Å². The van der Waals surface area contributed by atoms with Gasteiger partial charge in [-0.1, -0.05) is 12.1 Å². The summed E-state index contributed by atoms with van der Waals surface area (Å²) in [7, 11) is 5.73. The van der Waals surface area contributed by atoms with Crippen LogP contribution in [0, 0.1) is 24.4 Å². The second-order valence-electron chi connectivity index (χ2n) is 11.0. The number of aryl methyl sites for hydroxylation is 1. The second-order valence-corrected chi connectivity index (χ2v) is 11.0. The summed E-state index contributed by atoms with van der Waals surface area (Å²) >= 11 is 0. The van der Waals surface area contributed by atoms with E-state index in [0.29, 0.717) is 29.1 Å². The number of aliphatic imine (C=N–C) groups is 1. The Labute approximate surface area is 254 Å². The molecule has 3 aromatic carbocycles. The molecule has 1 atom stereocenters. The van der Waals surface area contributed by atoms with Crippen LogP contribution < -0.4 is 20.9 Å². The van der Waals surface area contributed by atoms with Crippen LogP contribution >= 0.6 is 0 Å². The van der Waals surface area contributed by atoms with Gasteiger partial charge in [0, 0.05) is 28.9 Å². The van der Waals surface area contributed by atoms with Crippen molar-refractivity contribution in [3.05, 3.63) is 100 Å². The van der Waals surface area contributed by atoms with Crippen molar-refractivity contribution >= 4 is 34.8 Å². The van der Waals surface area contributed by atoms with Gasteiger partial charge in [-0.05, 0) is 95.1 Å².